The standard InChI is InChI=1S/C25H30N4O2/c1-16-11-23(16)24-10-9-22(31-24)15-28(21-7-8-21)25(30)26-20-6-4-5-19(13-20)14-29-18(3)12-17(2)27-29/h4-6,9-10,12-13,16,21,23H,7-8,11,14-15H2,1-3H3,(H,26,30). The first-order valence-electron chi connectivity index (χ1n) is 11.2. The Kier molecular flexibility index (Phi) is 5.08. The average molecular weight is 419 g/mol. The van der Waals surface area contributed by atoms with Crippen molar-refractivity contribution in [1.82, 2.24) is 14.7 Å². The lowest BCUT2D eigenvalue weighted by Gasteiger charge is -2.22. The Morgan fingerprint density at radius 3 is 2.71 bits per heavy atom. The highest BCUT2D eigenvalue weighted by molar-refractivity contribution is 5.89. The zero-order valence-electron chi connectivity index (χ0n) is 18.5. The van der Waals surface area contributed by atoms with Gasteiger partial charge in [0.2, 0.25) is 0 Å². The fourth-order valence-corrected chi connectivity index (χ4v) is 4.27. The minimum Gasteiger partial charge on any atom is -0.464 e. The molecule has 2 saturated carbocycles. The number of hydrogen-bond acceptors (Lipinski definition) is 3. The van der Waals surface area contributed by atoms with E-state index >= 15 is 0 Å². The number of aryl methyl sites for hydroxylation is 2. The first-order chi connectivity index (χ1) is 15.0. The van der Waals surface area contributed by atoms with Gasteiger partial charge in [-0.15, -0.1) is 0 Å². The molecule has 0 bridgehead atoms. The second-order valence-electron chi connectivity index (χ2n) is 9.20. The van der Waals surface area contributed by atoms with Crippen molar-refractivity contribution < 1.29 is 9.21 Å². The second-order valence-corrected chi connectivity index (χ2v) is 9.20. The third kappa shape index (κ3) is 4.53. The summed E-state index contributed by atoms with van der Waals surface area (Å²) in [6.45, 7) is 7.51. The quantitative estimate of drug-likeness (QED) is 0.554. The van der Waals surface area contributed by atoms with Crippen molar-refractivity contribution in [2.24, 2.45) is 5.92 Å². The number of carbonyl (C=O) groups is 1. The molecule has 0 radical (unpaired) electrons. The van der Waals surface area contributed by atoms with Gasteiger partial charge in [0.25, 0.3) is 0 Å². The van der Waals surface area contributed by atoms with Crippen molar-refractivity contribution in [1.29, 1.82) is 0 Å². The Morgan fingerprint density at radius 1 is 1.23 bits per heavy atom. The van der Waals surface area contributed by atoms with Crippen molar-refractivity contribution >= 4 is 11.7 Å². The molecule has 0 spiro atoms. The molecule has 2 unspecified atom stereocenters. The van der Waals surface area contributed by atoms with Gasteiger partial charge >= 0.3 is 6.03 Å². The van der Waals surface area contributed by atoms with Crippen LogP contribution in [-0.4, -0.2) is 26.8 Å². The third-order valence-electron chi connectivity index (χ3n) is 6.35. The van der Waals surface area contributed by atoms with Gasteiger partial charge in [0.15, 0.2) is 0 Å². The van der Waals surface area contributed by atoms with Gasteiger partial charge in [0.05, 0.1) is 18.8 Å². The molecule has 3 aromatic rings. The fraction of sp³-hybridized carbons (Fsp3) is 0.440. The Hall–Kier alpha value is -3.02. The predicted octanol–water partition coefficient (Wildman–Crippen LogP) is 5.46. The van der Waals surface area contributed by atoms with E-state index in [0.29, 0.717) is 31.0 Å². The highest BCUT2D eigenvalue weighted by atomic mass is 16.3. The molecule has 162 valence electrons. The predicted molar refractivity (Wildman–Crippen MR) is 120 cm³/mol. The Labute approximate surface area is 183 Å². The number of nitrogens with one attached hydrogen (secondary N) is 1. The van der Waals surface area contributed by atoms with Crippen LogP contribution in [0.2, 0.25) is 0 Å². The summed E-state index contributed by atoms with van der Waals surface area (Å²) in [6.07, 6.45) is 3.31. The second kappa shape index (κ2) is 7.91. The molecule has 2 fully saturated rings. The monoisotopic (exact) mass is 418 g/mol. The lowest BCUT2D eigenvalue weighted by atomic mass is 10.2. The van der Waals surface area contributed by atoms with E-state index in [2.05, 4.69) is 42.5 Å². The third-order valence-corrected chi connectivity index (χ3v) is 6.35. The number of hydrogen-bond donors (Lipinski definition) is 1. The van der Waals surface area contributed by atoms with Crippen LogP contribution >= 0.6 is 0 Å². The molecule has 6 heteroatoms. The first-order valence-corrected chi connectivity index (χ1v) is 11.2. The summed E-state index contributed by atoms with van der Waals surface area (Å²) in [4.78, 5) is 15.0. The van der Waals surface area contributed by atoms with Crippen LogP contribution in [0.3, 0.4) is 0 Å². The summed E-state index contributed by atoms with van der Waals surface area (Å²) in [5.41, 5.74) is 4.06. The number of rotatable bonds is 7. The summed E-state index contributed by atoms with van der Waals surface area (Å²) in [6, 6.07) is 14.4. The first kappa shape index (κ1) is 19.9. The number of urea groups is 1. The number of benzene rings is 1. The topological polar surface area (TPSA) is 63.3 Å². The van der Waals surface area contributed by atoms with Crippen molar-refractivity contribution in [2.45, 2.75) is 65.1 Å². The average Bonchev–Trinajstić information content (AvgIpc) is 3.62. The molecule has 0 aliphatic heterocycles. The smallest absolute Gasteiger partial charge is 0.322 e. The van der Waals surface area contributed by atoms with Crippen molar-refractivity contribution in [3.8, 4) is 0 Å². The molecule has 6 nitrogen and oxygen atoms in total. The molecular weight excluding hydrogens is 388 g/mol. The van der Waals surface area contributed by atoms with Crippen LogP contribution in [0.4, 0.5) is 10.5 Å². The number of nitrogens with zero attached hydrogens (tertiary/aromatic N) is 3. The number of aromatic nitrogens is 2. The summed E-state index contributed by atoms with van der Waals surface area (Å²) in [7, 11) is 0. The molecule has 2 aliphatic carbocycles. The zero-order chi connectivity index (χ0) is 21.5. The van der Waals surface area contributed by atoms with E-state index in [4.69, 9.17) is 4.42 Å². The van der Waals surface area contributed by atoms with Gasteiger partial charge in [0.1, 0.15) is 11.5 Å². The summed E-state index contributed by atoms with van der Waals surface area (Å²) >= 11 is 0. The minimum atomic E-state index is -0.0662. The largest absolute Gasteiger partial charge is 0.464 e. The number of amides is 2. The lowest BCUT2D eigenvalue weighted by molar-refractivity contribution is 0.200. The molecule has 1 aromatic carbocycles. The molecule has 2 aliphatic rings. The van der Waals surface area contributed by atoms with E-state index in [1.807, 2.05) is 40.8 Å². The molecule has 31 heavy (non-hydrogen) atoms. The van der Waals surface area contributed by atoms with Crippen LogP contribution in [0.25, 0.3) is 0 Å². The zero-order valence-corrected chi connectivity index (χ0v) is 18.5. The molecule has 0 saturated heterocycles. The van der Waals surface area contributed by atoms with Crippen molar-refractivity contribution in [3.63, 3.8) is 0 Å². The molecule has 5 rings (SSSR count). The SMILES string of the molecule is Cc1cc(C)n(Cc2cccc(NC(=O)N(Cc3ccc(C4CC4C)o3)C3CC3)c2)n1. The highest BCUT2D eigenvalue weighted by Crippen LogP contribution is 2.47. The van der Waals surface area contributed by atoms with Gasteiger partial charge in [-0.3, -0.25) is 4.68 Å². The van der Waals surface area contributed by atoms with E-state index in [1.165, 1.54) is 6.42 Å². The van der Waals surface area contributed by atoms with E-state index in [1.54, 1.807) is 0 Å². The Morgan fingerprint density at radius 2 is 2.03 bits per heavy atom. The maximum Gasteiger partial charge on any atom is 0.322 e. The summed E-state index contributed by atoms with van der Waals surface area (Å²) in [5, 5.41) is 7.63. The molecule has 1 N–H and O–H groups in total. The van der Waals surface area contributed by atoms with Gasteiger partial charge < -0.3 is 14.6 Å². The molecular formula is C25H30N4O2. The van der Waals surface area contributed by atoms with Gasteiger partial charge in [-0.1, -0.05) is 19.1 Å². The molecule has 2 aromatic heterocycles. The summed E-state index contributed by atoms with van der Waals surface area (Å²) < 4.78 is 8.04. The maximum absolute atomic E-state index is 13.1. The summed E-state index contributed by atoms with van der Waals surface area (Å²) in [5.74, 6) is 3.20. The van der Waals surface area contributed by atoms with Crippen molar-refractivity contribution in [2.75, 3.05) is 5.32 Å². The Balaban J connectivity index is 1.25. The van der Waals surface area contributed by atoms with Gasteiger partial charge in [-0.25, -0.2) is 4.79 Å². The molecule has 2 atom stereocenters. The maximum atomic E-state index is 13.1. The number of furan rings is 1. The van der Waals surface area contributed by atoms with E-state index in [-0.39, 0.29) is 6.03 Å². The van der Waals surface area contributed by atoms with Crippen LogP contribution in [0.15, 0.2) is 46.9 Å². The van der Waals surface area contributed by atoms with Crippen LogP contribution < -0.4 is 5.32 Å². The lowest BCUT2D eigenvalue weighted by Crippen LogP contribution is -2.36. The normalized spacial score (nSPS) is 20.0. The fourth-order valence-electron chi connectivity index (χ4n) is 4.27. The van der Waals surface area contributed by atoms with Crippen LogP contribution in [0.1, 0.15) is 60.6 Å². The highest BCUT2D eigenvalue weighted by Gasteiger charge is 2.37. The molecule has 2 heterocycles. The molecule has 2 amide bonds. The van der Waals surface area contributed by atoms with Crippen LogP contribution in [-0.2, 0) is 13.1 Å². The Bertz CT molecular complexity index is 1090. The van der Waals surface area contributed by atoms with Crippen LogP contribution in [0.5, 0.6) is 0 Å². The van der Waals surface area contributed by atoms with Gasteiger partial charge in [-0.2, -0.15) is 5.10 Å². The van der Waals surface area contributed by atoms with Crippen LogP contribution in [0, 0.1) is 19.8 Å². The number of anilines is 1. The number of carbonyl (C=O) groups excluding carboxylic acids is 1. The van der Waals surface area contributed by atoms with E-state index in [0.717, 1.165) is 47.0 Å². The van der Waals surface area contributed by atoms with Crippen molar-refractivity contribution in [3.05, 3.63) is 70.9 Å². The van der Waals surface area contributed by atoms with Gasteiger partial charge in [0, 0.05) is 23.3 Å². The van der Waals surface area contributed by atoms with E-state index < -0.39 is 0 Å². The van der Waals surface area contributed by atoms with Gasteiger partial charge in [-0.05, 0) is 74.9 Å². The van der Waals surface area contributed by atoms with E-state index in [9.17, 15) is 4.79 Å². The minimum absolute atomic E-state index is 0.0662.